The Morgan fingerprint density at radius 1 is 0.933 bits per heavy atom. The van der Waals surface area contributed by atoms with Gasteiger partial charge in [0.1, 0.15) is 0 Å². The molecule has 0 fully saturated rings. The highest BCUT2D eigenvalue weighted by atomic mass is 16.6. The van der Waals surface area contributed by atoms with E-state index in [0.29, 0.717) is 21.8 Å². The van der Waals surface area contributed by atoms with Crippen molar-refractivity contribution < 1.29 is 15.0 Å². The Labute approximate surface area is 170 Å². The second-order valence-electron chi connectivity index (χ2n) is 7.29. The van der Waals surface area contributed by atoms with Gasteiger partial charge in [0.2, 0.25) is 0 Å². The first-order valence-electron chi connectivity index (χ1n) is 9.28. The first-order valence-corrected chi connectivity index (χ1v) is 9.28. The number of nitro benzene ring substituents is 2. The molecule has 2 heterocycles. The predicted molar refractivity (Wildman–Crippen MR) is 110 cm³/mol. The SMILES string of the molecule is Cc1cc(C)n(CC(O)Cn2c3ccc([N+](=O)[O-])cc3c3cc([N+](=O)[O-])ccc32)n1. The average Bonchev–Trinajstić information content (AvgIpc) is 3.17. The summed E-state index contributed by atoms with van der Waals surface area (Å²) < 4.78 is 3.55. The normalized spacial score (nSPS) is 12.5. The standard InChI is InChI=1S/C20H19N5O5/c1-12-7-13(2)23(21-12)11-16(26)10-22-19-5-3-14(24(27)28)8-17(19)18-9-15(25(29)30)4-6-20(18)22/h3-9,16,26H,10-11H2,1-2H3. The summed E-state index contributed by atoms with van der Waals surface area (Å²) >= 11 is 0. The molecule has 10 nitrogen and oxygen atoms in total. The van der Waals surface area contributed by atoms with Gasteiger partial charge in [-0.2, -0.15) is 5.10 Å². The summed E-state index contributed by atoms with van der Waals surface area (Å²) in [7, 11) is 0. The highest BCUT2D eigenvalue weighted by Crippen LogP contribution is 2.34. The summed E-state index contributed by atoms with van der Waals surface area (Å²) in [6.45, 7) is 4.27. The highest BCUT2D eigenvalue weighted by Gasteiger charge is 2.19. The fourth-order valence-corrected chi connectivity index (χ4v) is 3.83. The van der Waals surface area contributed by atoms with Crippen molar-refractivity contribution in [1.29, 1.82) is 0 Å². The number of hydrogen-bond donors (Lipinski definition) is 1. The summed E-state index contributed by atoms with van der Waals surface area (Å²) in [6, 6.07) is 10.7. The molecule has 0 amide bonds. The summed E-state index contributed by atoms with van der Waals surface area (Å²) in [4.78, 5) is 21.4. The van der Waals surface area contributed by atoms with Crippen molar-refractivity contribution >= 4 is 33.2 Å². The van der Waals surface area contributed by atoms with Gasteiger partial charge in [0, 0.05) is 51.8 Å². The molecule has 0 saturated carbocycles. The largest absolute Gasteiger partial charge is 0.389 e. The van der Waals surface area contributed by atoms with Crippen LogP contribution in [0.2, 0.25) is 0 Å². The Morgan fingerprint density at radius 2 is 1.47 bits per heavy atom. The monoisotopic (exact) mass is 409 g/mol. The quantitative estimate of drug-likeness (QED) is 0.383. The van der Waals surface area contributed by atoms with Gasteiger partial charge < -0.3 is 9.67 Å². The average molecular weight is 409 g/mol. The van der Waals surface area contributed by atoms with Crippen LogP contribution in [0, 0.1) is 34.1 Å². The Morgan fingerprint density at radius 3 is 1.90 bits per heavy atom. The number of nitro groups is 2. The van der Waals surface area contributed by atoms with E-state index in [9.17, 15) is 25.3 Å². The molecule has 0 aliphatic carbocycles. The molecule has 2 aromatic heterocycles. The second-order valence-corrected chi connectivity index (χ2v) is 7.29. The Balaban J connectivity index is 1.82. The molecule has 0 radical (unpaired) electrons. The lowest BCUT2D eigenvalue weighted by Crippen LogP contribution is -2.23. The molecule has 10 heteroatoms. The number of non-ortho nitro benzene ring substituents is 2. The molecule has 1 unspecified atom stereocenters. The molecule has 0 bridgehead atoms. The van der Waals surface area contributed by atoms with Gasteiger partial charge in [-0.05, 0) is 32.0 Å². The predicted octanol–water partition coefficient (Wildman–Crippen LogP) is 3.49. The maximum Gasteiger partial charge on any atom is 0.270 e. The number of hydrogen-bond acceptors (Lipinski definition) is 6. The van der Waals surface area contributed by atoms with Crippen molar-refractivity contribution in [3.8, 4) is 0 Å². The van der Waals surface area contributed by atoms with Crippen molar-refractivity contribution in [2.24, 2.45) is 0 Å². The van der Waals surface area contributed by atoms with Crippen molar-refractivity contribution in [2.75, 3.05) is 0 Å². The molecule has 0 aliphatic heterocycles. The Hall–Kier alpha value is -3.79. The summed E-state index contributed by atoms with van der Waals surface area (Å²) in [5, 5.41) is 38.6. The van der Waals surface area contributed by atoms with Crippen LogP contribution in [0.3, 0.4) is 0 Å². The molecule has 0 aliphatic rings. The molecule has 30 heavy (non-hydrogen) atoms. The molecular formula is C20H19N5O5. The van der Waals surface area contributed by atoms with Crippen LogP contribution in [0.5, 0.6) is 0 Å². The van der Waals surface area contributed by atoms with Crippen LogP contribution >= 0.6 is 0 Å². The summed E-state index contributed by atoms with van der Waals surface area (Å²) in [6.07, 6.45) is -0.785. The number of benzene rings is 2. The van der Waals surface area contributed by atoms with E-state index in [1.165, 1.54) is 24.3 Å². The van der Waals surface area contributed by atoms with Crippen LogP contribution in [0.1, 0.15) is 11.4 Å². The molecular weight excluding hydrogens is 390 g/mol. The molecule has 2 aromatic carbocycles. The van der Waals surface area contributed by atoms with Gasteiger partial charge in [-0.1, -0.05) is 0 Å². The molecule has 4 rings (SSSR count). The number of nitrogens with zero attached hydrogens (tertiary/aromatic N) is 5. The van der Waals surface area contributed by atoms with E-state index in [1.807, 2.05) is 24.5 Å². The van der Waals surface area contributed by atoms with E-state index in [2.05, 4.69) is 5.10 Å². The van der Waals surface area contributed by atoms with E-state index in [0.717, 1.165) is 11.4 Å². The van der Waals surface area contributed by atoms with Gasteiger partial charge in [0.05, 0.1) is 34.7 Å². The fraction of sp³-hybridized carbons (Fsp3) is 0.250. The zero-order valence-corrected chi connectivity index (χ0v) is 16.3. The number of aliphatic hydroxyl groups excluding tert-OH is 1. The number of rotatable bonds is 6. The van der Waals surface area contributed by atoms with Crippen molar-refractivity contribution in [3.05, 3.63) is 74.1 Å². The minimum absolute atomic E-state index is 0.101. The minimum Gasteiger partial charge on any atom is -0.389 e. The maximum absolute atomic E-state index is 11.2. The van der Waals surface area contributed by atoms with Gasteiger partial charge in [0.25, 0.3) is 11.4 Å². The zero-order chi connectivity index (χ0) is 21.6. The summed E-state index contributed by atoms with van der Waals surface area (Å²) in [5.74, 6) is 0. The number of aromatic nitrogens is 3. The zero-order valence-electron chi connectivity index (χ0n) is 16.3. The molecule has 0 saturated heterocycles. The molecule has 4 aromatic rings. The third kappa shape index (κ3) is 3.37. The van der Waals surface area contributed by atoms with Crippen molar-refractivity contribution in [3.63, 3.8) is 0 Å². The van der Waals surface area contributed by atoms with Gasteiger partial charge in [-0.3, -0.25) is 24.9 Å². The van der Waals surface area contributed by atoms with Gasteiger partial charge in [0.15, 0.2) is 0 Å². The van der Waals surface area contributed by atoms with Gasteiger partial charge in [-0.15, -0.1) is 0 Å². The van der Waals surface area contributed by atoms with E-state index in [4.69, 9.17) is 0 Å². The lowest BCUT2D eigenvalue weighted by Gasteiger charge is -2.15. The second kappa shape index (κ2) is 7.23. The maximum atomic E-state index is 11.2. The smallest absolute Gasteiger partial charge is 0.270 e. The number of aliphatic hydroxyl groups is 1. The number of aryl methyl sites for hydroxylation is 2. The van der Waals surface area contributed by atoms with Crippen LogP contribution in [-0.2, 0) is 13.1 Å². The lowest BCUT2D eigenvalue weighted by molar-refractivity contribution is -0.385. The third-order valence-electron chi connectivity index (χ3n) is 5.13. The Bertz CT molecular complexity index is 1230. The molecule has 0 spiro atoms. The van der Waals surface area contributed by atoms with Crippen LogP contribution in [0.25, 0.3) is 21.8 Å². The molecule has 1 atom stereocenters. The molecule has 1 N–H and O–H groups in total. The van der Waals surface area contributed by atoms with Crippen LogP contribution < -0.4 is 0 Å². The van der Waals surface area contributed by atoms with Crippen LogP contribution in [0.15, 0.2) is 42.5 Å². The fourth-order valence-electron chi connectivity index (χ4n) is 3.83. The van der Waals surface area contributed by atoms with Gasteiger partial charge in [-0.25, -0.2) is 0 Å². The Kier molecular flexibility index (Phi) is 4.70. The van der Waals surface area contributed by atoms with Gasteiger partial charge >= 0.3 is 0 Å². The van der Waals surface area contributed by atoms with E-state index < -0.39 is 16.0 Å². The first kappa shape index (κ1) is 19.5. The van der Waals surface area contributed by atoms with Crippen LogP contribution in [0.4, 0.5) is 11.4 Å². The number of fused-ring (bicyclic) bond motifs is 3. The van der Waals surface area contributed by atoms with E-state index in [1.54, 1.807) is 16.8 Å². The van der Waals surface area contributed by atoms with E-state index in [-0.39, 0.29) is 24.5 Å². The minimum atomic E-state index is -0.785. The topological polar surface area (TPSA) is 129 Å². The lowest BCUT2D eigenvalue weighted by atomic mass is 10.1. The summed E-state index contributed by atoms with van der Waals surface area (Å²) in [5.41, 5.74) is 2.90. The van der Waals surface area contributed by atoms with Crippen molar-refractivity contribution in [1.82, 2.24) is 14.3 Å². The third-order valence-corrected chi connectivity index (χ3v) is 5.13. The highest BCUT2D eigenvalue weighted by molar-refractivity contribution is 6.09. The van der Waals surface area contributed by atoms with Crippen LogP contribution in [-0.4, -0.2) is 35.4 Å². The first-order chi connectivity index (χ1) is 14.2. The van der Waals surface area contributed by atoms with E-state index >= 15 is 0 Å². The van der Waals surface area contributed by atoms with Crippen molar-refractivity contribution in [2.45, 2.75) is 33.0 Å². The molecule has 154 valence electrons.